The maximum absolute atomic E-state index is 13.1. The zero-order valence-electron chi connectivity index (χ0n) is 20.4. The Bertz CT molecular complexity index is 1180. The van der Waals surface area contributed by atoms with E-state index in [4.69, 9.17) is 20.6 Å². The van der Waals surface area contributed by atoms with Gasteiger partial charge in [-0.05, 0) is 78.6 Å². The van der Waals surface area contributed by atoms with E-state index in [1.807, 2.05) is 59.5 Å². The monoisotopic (exact) mass is 471 g/mol. The summed E-state index contributed by atoms with van der Waals surface area (Å²) in [6.45, 7) is 1.46. The van der Waals surface area contributed by atoms with Gasteiger partial charge in [0.2, 0.25) is 0 Å². The maximum Gasteiger partial charge on any atom is 0.253 e. The molecule has 0 aliphatic carbocycles. The first kappa shape index (κ1) is 24.3. The van der Waals surface area contributed by atoms with Crippen molar-refractivity contribution in [2.45, 2.75) is 31.6 Å². The minimum atomic E-state index is 0.0895. The summed E-state index contributed by atoms with van der Waals surface area (Å²) in [5.74, 6) is 2.03. The fraction of sp³-hybridized carbons (Fsp3) is 0.310. The third-order valence-corrected chi connectivity index (χ3v) is 6.80. The first-order chi connectivity index (χ1) is 17.0. The average Bonchev–Trinajstić information content (AvgIpc) is 2.91. The number of nitrogen functional groups attached to an aromatic ring is 1. The first-order valence-corrected chi connectivity index (χ1v) is 12.0. The number of methoxy groups -OCH3 is 2. The van der Waals surface area contributed by atoms with Crippen LogP contribution >= 0.6 is 0 Å². The van der Waals surface area contributed by atoms with Crippen molar-refractivity contribution in [3.8, 4) is 11.5 Å². The fourth-order valence-electron chi connectivity index (χ4n) is 4.70. The van der Waals surface area contributed by atoms with Gasteiger partial charge in [-0.25, -0.2) is 0 Å². The summed E-state index contributed by atoms with van der Waals surface area (Å²) < 4.78 is 10.7. The van der Waals surface area contributed by atoms with Crippen molar-refractivity contribution in [2.75, 3.05) is 27.3 Å². The number of hydrogen-bond acceptors (Lipinski definition) is 4. The lowest BCUT2D eigenvalue weighted by molar-refractivity contribution is 0.0713. The summed E-state index contributed by atoms with van der Waals surface area (Å²) in [5.41, 5.74) is 10.7. The normalized spacial score (nSPS) is 13.9. The second kappa shape index (κ2) is 11.1. The highest BCUT2D eigenvalue weighted by Crippen LogP contribution is 2.30. The number of nitrogens with zero attached hydrogens (tertiary/aromatic N) is 1. The highest BCUT2D eigenvalue weighted by Gasteiger charge is 2.24. The standard InChI is InChI=1S/C29H33N3O3/c1-34-26-13-10-21(18-27(26)35-2)7-6-20-8-11-23(12-9-20)29(33)32-16-14-22(15-17-32)24-4-3-5-25(19-24)28(30)31/h3-5,8-13,18-19,22H,6-7,14-17H2,1-2H3,(H3,30,31). The number of rotatable bonds is 8. The Hall–Kier alpha value is -3.80. The SMILES string of the molecule is COc1ccc(CCc2ccc(C(=O)N3CCC(c4cccc(C(=N)N)c4)CC3)cc2)cc1OC. The van der Waals surface area contributed by atoms with E-state index in [9.17, 15) is 4.79 Å². The van der Waals surface area contributed by atoms with E-state index < -0.39 is 0 Å². The van der Waals surface area contributed by atoms with E-state index in [1.165, 1.54) is 16.7 Å². The van der Waals surface area contributed by atoms with Gasteiger partial charge in [-0.15, -0.1) is 0 Å². The second-order valence-electron chi connectivity index (χ2n) is 8.99. The highest BCUT2D eigenvalue weighted by atomic mass is 16.5. The van der Waals surface area contributed by atoms with Crippen LogP contribution in [0.15, 0.2) is 66.7 Å². The average molecular weight is 472 g/mol. The lowest BCUT2D eigenvalue weighted by Gasteiger charge is -2.32. The molecule has 0 radical (unpaired) electrons. The van der Waals surface area contributed by atoms with Crippen molar-refractivity contribution in [2.24, 2.45) is 5.73 Å². The molecule has 3 N–H and O–H groups in total. The molecular formula is C29H33N3O3. The molecule has 1 aliphatic heterocycles. The summed E-state index contributed by atoms with van der Waals surface area (Å²) in [7, 11) is 3.28. The van der Waals surface area contributed by atoms with Crippen molar-refractivity contribution >= 4 is 11.7 Å². The number of amides is 1. The molecule has 6 nitrogen and oxygen atoms in total. The van der Waals surface area contributed by atoms with E-state index >= 15 is 0 Å². The third-order valence-electron chi connectivity index (χ3n) is 6.80. The van der Waals surface area contributed by atoms with Crippen molar-refractivity contribution < 1.29 is 14.3 Å². The van der Waals surface area contributed by atoms with Crippen molar-refractivity contribution in [1.29, 1.82) is 5.41 Å². The van der Waals surface area contributed by atoms with Gasteiger partial charge in [0.25, 0.3) is 5.91 Å². The number of aryl methyl sites for hydroxylation is 2. The Labute approximate surface area is 207 Å². The van der Waals surface area contributed by atoms with Crippen LogP contribution in [0.25, 0.3) is 0 Å². The highest BCUT2D eigenvalue weighted by molar-refractivity contribution is 5.95. The molecule has 0 spiro atoms. The number of nitrogens with two attached hydrogens (primary N) is 1. The molecule has 0 unspecified atom stereocenters. The molecule has 6 heteroatoms. The minimum absolute atomic E-state index is 0.0895. The van der Waals surface area contributed by atoms with Crippen molar-refractivity contribution in [3.63, 3.8) is 0 Å². The number of benzene rings is 3. The molecule has 1 heterocycles. The third kappa shape index (κ3) is 5.83. The van der Waals surface area contributed by atoms with Crippen LogP contribution in [0.4, 0.5) is 0 Å². The largest absolute Gasteiger partial charge is 0.493 e. The molecule has 0 atom stereocenters. The van der Waals surface area contributed by atoms with Crippen LogP contribution < -0.4 is 15.2 Å². The lowest BCUT2D eigenvalue weighted by atomic mass is 9.88. The maximum atomic E-state index is 13.1. The van der Waals surface area contributed by atoms with Crippen LogP contribution in [0.3, 0.4) is 0 Å². The molecule has 3 aromatic carbocycles. The van der Waals surface area contributed by atoms with Gasteiger partial charge in [-0.1, -0.05) is 36.4 Å². The second-order valence-corrected chi connectivity index (χ2v) is 8.99. The van der Waals surface area contributed by atoms with E-state index in [0.29, 0.717) is 5.92 Å². The molecule has 1 saturated heterocycles. The quantitative estimate of drug-likeness (QED) is 0.365. The van der Waals surface area contributed by atoms with Crippen LogP contribution in [-0.2, 0) is 12.8 Å². The lowest BCUT2D eigenvalue weighted by Crippen LogP contribution is -2.37. The van der Waals surface area contributed by atoms with Crippen LogP contribution in [-0.4, -0.2) is 44.0 Å². The zero-order valence-corrected chi connectivity index (χ0v) is 20.4. The Balaban J connectivity index is 1.31. The summed E-state index contributed by atoms with van der Waals surface area (Å²) in [6.07, 6.45) is 3.59. The molecule has 4 rings (SSSR count). The smallest absolute Gasteiger partial charge is 0.253 e. The van der Waals surface area contributed by atoms with Gasteiger partial charge in [0.15, 0.2) is 11.5 Å². The fourth-order valence-corrected chi connectivity index (χ4v) is 4.70. The molecule has 3 aromatic rings. The first-order valence-electron chi connectivity index (χ1n) is 12.0. The van der Waals surface area contributed by atoms with Gasteiger partial charge in [0.1, 0.15) is 5.84 Å². The topological polar surface area (TPSA) is 88.6 Å². The van der Waals surface area contributed by atoms with E-state index in [2.05, 4.69) is 12.1 Å². The number of carbonyl (C=O) groups excluding carboxylic acids is 1. The summed E-state index contributed by atoms with van der Waals surface area (Å²) in [5, 5.41) is 7.66. The molecule has 1 amide bonds. The summed E-state index contributed by atoms with van der Waals surface area (Å²) in [4.78, 5) is 15.0. The molecule has 1 fully saturated rings. The van der Waals surface area contributed by atoms with Crippen molar-refractivity contribution in [3.05, 3.63) is 94.5 Å². The number of piperidine rings is 1. The van der Waals surface area contributed by atoms with E-state index in [-0.39, 0.29) is 11.7 Å². The molecule has 1 aliphatic rings. The number of nitrogens with one attached hydrogen (secondary N) is 1. The Morgan fingerprint density at radius 2 is 1.54 bits per heavy atom. The van der Waals surface area contributed by atoms with Gasteiger partial charge in [0.05, 0.1) is 14.2 Å². The molecule has 0 bridgehead atoms. The van der Waals surface area contributed by atoms with Crippen LogP contribution in [0, 0.1) is 5.41 Å². The van der Waals surface area contributed by atoms with Crippen LogP contribution in [0.2, 0.25) is 0 Å². The summed E-state index contributed by atoms with van der Waals surface area (Å²) in [6, 6.07) is 21.9. The van der Waals surface area contributed by atoms with Gasteiger partial charge in [0, 0.05) is 24.2 Å². The number of hydrogen-bond donors (Lipinski definition) is 2. The van der Waals surface area contributed by atoms with E-state index in [0.717, 1.165) is 61.4 Å². The predicted octanol–water partition coefficient (Wildman–Crippen LogP) is 4.79. The zero-order chi connectivity index (χ0) is 24.8. The number of likely N-dealkylation sites (tertiary alicyclic amines) is 1. The van der Waals surface area contributed by atoms with Gasteiger partial charge in [-0.2, -0.15) is 0 Å². The van der Waals surface area contributed by atoms with Gasteiger partial charge in [-0.3, -0.25) is 10.2 Å². The Morgan fingerprint density at radius 3 is 2.20 bits per heavy atom. The molecule has 0 aromatic heterocycles. The number of carbonyl (C=O) groups is 1. The predicted molar refractivity (Wildman–Crippen MR) is 139 cm³/mol. The van der Waals surface area contributed by atoms with Gasteiger partial charge >= 0.3 is 0 Å². The summed E-state index contributed by atoms with van der Waals surface area (Å²) >= 11 is 0. The minimum Gasteiger partial charge on any atom is -0.493 e. The van der Waals surface area contributed by atoms with Crippen molar-refractivity contribution in [1.82, 2.24) is 4.90 Å². The molecule has 35 heavy (non-hydrogen) atoms. The van der Waals surface area contributed by atoms with Crippen LogP contribution in [0.5, 0.6) is 11.5 Å². The Kier molecular flexibility index (Phi) is 7.70. The van der Waals surface area contributed by atoms with Crippen LogP contribution in [0.1, 0.15) is 51.4 Å². The molecule has 0 saturated carbocycles. The number of amidine groups is 1. The molecule has 182 valence electrons. The Morgan fingerprint density at radius 1 is 0.886 bits per heavy atom. The number of ether oxygens (including phenoxy) is 2. The van der Waals surface area contributed by atoms with E-state index in [1.54, 1.807) is 14.2 Å². The molecular weight excluding hydrogens is 438 g/mol. The van der Waals surface area contributed by atoms with Gasteiger partial charge < -0.3 is 20.1 Å².